The lowest BCUT2D eigenvalue weighted by atomic mass is 9.89. The topological polar surface area (TPSA) is 106 Å². The molecule has 1 amide bonds. The summed E-state index contributed by atoms with van der Waals surface area (Å²) in [7, 11) is 1.68. The molecule has 0 saturated carbocycles. The number of alkyl halides is 3. The van der Waals surface area contributed by atoms with E-state index >= 15 is 0 Å². The number of hydrogen-bond donors (Lipinski definition) is 2. The minimum Gasteiger partial charge on any atom is -0.497 e. The van der Waals surface area contributed by atoms with Crippen LogP contribution in [0.1, 0.15) is 58.6 Å². The van der Waals surface area contributed by atoms with E-state index in [1.165, 1.54) is 17.7 Å². The number of methoxy groups -OCH3 is 1. The van der Waals surface area contributed by atoms with E-state index in [1.807, 2.05) is 55.5 Å². The lowest BCUT2D eigenvalue weighted by Crippen LogP contribution is -2.32. The fourth-order valence-corrected chi connectivity index (χ4v) is 7.48. The van der Waals surface area contributed by atoms with Gasteiger partial charge in [0, 0.05) is 43.4 Å². The number of nitrogens with zero attached hydrogens (tertiary/aromatic N) is 5. The van der Waals surface area contributed by atoms with Crippen molar-refractivity contribution in [3.8, 4) is 11.5 Å². The first-order valence-corrected chi connectivity index (χ1v) is 20.2. The number of aromatic nitrogens is 4. The smallest absolute Gasteiger partial charge is 0.497 e. The largest absolute Gasteiger partial charge is 0.573 e. The average Bonchev–Trinajstić information content (AvgIpc) is 3.64. The number of piperidine rings is 1. The number of aryl methyl sites for hydroxylation is 1. The molecule has 1 aliphatic heterocycles. The van der Waals surface area contributed by atoms with Crippen LogP contribution >= 0.6 is 11.6 Å². The van der Waals surface area contributed by atoms with Gasteiger partial charge in [-0.15, -0.1) is 13.2 Å². The van der Waals surface area contributed by atoms with Gasteiger partial charge in [-0.1, -0.05) is 67.1 Å². The third-order valence-electron chi connectivity index (χ3n) is 10.4. The molecule has 7 aromatic rings. The number of anilines is 2. The summed E-state index contributed by atoms with van der Waals surface area (Å²) in [6.45, 7) is 4.86. The van der Waals surface area contributed by atoms with E-state index < -0.39 is 6.36 Å². The van der Waals surface area contributed by atoms with Crippen LogP contribution in [0.2, 0.25) is 5.02 Å². The van der Waals surface area contributed by atoms with Crippen LogP contribution in [0.3, 0.4) is 0 Å². The summed E-state index contributed by atoms with van der Waals surface area (Å²) in [6, 6.07) is 34.0. The van der Waals surface area contributed by atoms with Crippen molar-refractivity contribution in [1.82, 2.24) is 24.7 Å². The first kappa shape index (κ1) is 41.8. The molecular weight excluding hydrogens is 791 g/mol. The van der Waals surface area contributed by atoms with Crippen molar-refractivity contribution in [3.63, 3.8) is 0 Å². The molecule has 0 bridgehead atoms. The van der Waals surface area contributed by atoms with E-state index in [0.717, 1.165) is 83.9 Å². The Balaban J connectivity index is 0.000000218. The molecule has 1 aliphatic rings. The monoisotopic (exact) mass is 835 g/mol. The summed E-state index contributed by atoms with van der Waals surface area (Å²) in [5.41, 5.74) is 7.23. The second-order valence-electron chi connectivity index (χ2n) is 14.3. The quantitative estimate of drug-likeness (QED) is 0.125. The van der Waals surface area contributed by atoms with Crippen LogP contribution in [0.25, 0.3) is 16.6 Å². The van der Waals surface area contributed by atoms with E-state index in [1.54, 1.807) is 48.3 Å². The summed E-state index contributed by atoms with van der Waals surface area (Å²) in [4.78, 5) is 28.5. The normalized spacial score (nSPS) is 13.1. The molecule has 0 spiro atoms. The third-order valence-corrected chi connectivity index (χ3v) is 10.7. The predicted molar refractivity (Wildman–Crippen MR) is 229 cm³/mol. The van der Waals surface area contributed by atoms with Gasteiger partial charge in [-0.25, -0.2) is 15.0 Å². The van der Waals surface area contributed by atoms with Crippen molar-refractivity contribution in [2.24, 2.45) is 0 Å². The van der Waals surface area contributed by atoms with Gasteiger partial charge < -0.3 is 25.0 Å². The van der Waals surface area contributed by atoms with E-state index in [-0.39, 0.29) is 17.6 Å². The highest BCUT2D eigenvalue weighted by molar-refractivity contribution is 6.30. The Kier molecular flexibility index (Phi) is 13.3. The van der Waals surface area contributed by atoms with Crippen LogP contribution in [0, 0.1) is 0 Å². The number of imidazole rings is 1. The van der Waals surface area contributed by atoms with Gasteiger partial charge in [0.2, 0.25) is 0 Å². The summed E-state index contributed by atoms with van der Waals surface area (Å²) in [6.07, 6.45) is 1.98. The van der Waals surface area contributed by atoms with Crippen LogP contribution in [-0.2, 0) is 19.4 Å². The van der Waals surface area contributed by atoms with Crippen molar-refractivity contribution < 1.29 is 27.4 Å². The zero-order chi connectivity index (χ0) is 42.1. The lowest BCUT2D eigenvalue weighted by molar-refractivity contribution is -0.274. The number of carbonyl (C=O) groups is 1. The van der Waals surface area contributed by atoms with Gasteiger partial charge in [0.1, 0.15) is 35.0 Å². The van der Waals surface area contributed by atoms with Gasteiger partial charge in [-0.3, -0.25) is 9.20 Å². The maximum absolute atomic E-state index is 13.0. The van der Waals surface area contributed by atoms with E-state index in [4.69, 9.17) is 16.3 Å². The van der Waals surface area contributed by atoms with Crippen molar-refractivity contribution in [1.29, 1.82) is 0 Å². The number of amides is 1. The number of halogens is 4. The Bertz CT molecular complexity index is 2500. The van der Waals surface area contributed by atoms with Gasteiger partial charge in [0.25, 0.3) is 5.91 Å². The maximum atomic E-state index is 13.0. The number of rotatable bonds is 12. The molecule has 0 aliphatic carbocycles. The lowest BCUT2D eigenvalue weighted by Gasteiger charge is -2.34. The number of carbonyl (C=O) groups excluding carboxylic acids is 1. The van der Waals surface area contributed by atoms with Gasteiger partial charge in [0.15, 0.2) is 0 Å². The summed E-state index contributed by atoms with van der Waals surface area (Å²) >= 11 is 6.14. The van der Waals surface area contributed by atoms with E-state index in [2.05, 4.69) is 59.5 Å². The molecule has 0 unspecified atom stereocenters. The molecule has 1 saturated heterocycles. The molecule has 2 N–H and O–H groups in total. The van der Waals surface area contributed by atoms with E-state index in [9.17, 15) is 18.0 Å². The zero-order valence-electron chi connectivity index (χ0n) is 33.3. The molecule has 60 heavy (non-hydrogen) atoms. The number of benzene rings is 4. The highest BCUT2D eigenvalue weighted by Crippen LogP contribution is 2.32. The highest BCUT2D eigenvalue weighted by atomic mass is 35.5. The first-order valence-electron chi connectivity index (χ1n) is 19.8. The number of fused-ring (bicyclic) bond motifs is 2. The van der Waals surface area contributed by atoms with Gasteiger partial charge in [0.05, 0.1) is 23.3 Å². The molecule has 3 aromatic heterocycles. The second-order valence-corrected chi connectivity index (χ2v) is 14.8. The number of pyridine rings is 1. The Morgan fingerprint density at radius 3 is 2.27 bits per heavy atom. The zero-order valence-corrected chi connectivity index (χ0v) is 34.0. The third kappa shape index (κ3) is 10.6. The molecule has 0 radical (unpaired) electrons. The van der Waals surface area contributed by atoms with Crippen molar-refractivity contribution in [2.45, 2.75) is 51.4 Å². The molecule has 14 heteroatoms. The van der Waals surface area contributed by atoms with Gasteiger partial charge >= 0.3 is 6.36 Å². The van der Waals surface area contributed by atoms with Crippen molar-refractivity contribution >= 4 is 45.6 Å². The number of nitrogens with one attached hydrogen (secondary N) is 2. The average molecular weight is 836 g/mol. The van der Waals surface area contributed by atoms with Gasteiger partial charge in [-0.05, 0) is 109 Å². The molecule has 310 valence electrons. The molecule has 8 rings (SSSR count). The fraction of sp³-hybridized carbons (Fsp3) is 0.261. The Labute approximate surface area is 351 Å². The summed E-state index contributed by atoms with van der Waals surface area (Å²) < 4.78 is 48.1. The van der Waals surface area contributed by atoms with Crippen LogP contribution in [0.4, 0.5) is 24.7 Å². The number of ether oxygens (including phenoxy) is 2. The molecule has 0 atom stereocenters. The Hall–Kier alpha value is -6.34. The molecule has 1 fully saturated rings. The fourth-order valence-electron chi connectivity index (χ4n) is 7.32. The van der Waals surface area contributed by atoms with Crippen LogP contribution in [-0.4, -0.2) is 58.4 Å². The number of hydrogen-bond acceptors (Lipinski definition) is 8. The minimum atomic E-state index is -4.68. The molecule has 10 nitrogen and oxygen atoms in total. The highest BCUT2D eigenvalue weighted by Gasteiger charge is 2.31. The Morgan fingerprint density at radius 2 is 1.57 bits per heavy atom. The van der Waals surface area contributed by atoms with Crippen molar-refractivity contribution in [3.05, 3.63) is 155 Å². The molecule has 4 aromatic carbocycles. The standard InChI is InChI=1S/C29H28ClF3N4O2.C17H17N3O/c1-2-25-27(37-18-22(30)7-12-26(37)35-25)28(38)34-17-19-3-8-23(9-4-19)36-15-13-21(14-16-36)20-5-10-24(11-6-20)39-29(31,32)33;1-21-14-8-6-13(7-9-14)10-11-18-17-15-4-2-3-5-16(15)19-12-20-17/h3-12,18,21H,2,13-17H2,1H3,(H,34,38);2-9,12H,10-11H2,1H3,(H,18,19,20). The minimum absolute atomic E-state index is 0.200. The summed E-state index contributed by atoms with van der Waals surface area (Å²) in [5.74, 6) is 1.65. The molecular formula is C46H45ClF3N7O3. The summed E-state index contributed by atoms with van der Waals surface area (Å²) in [5, 5.41) is 7.96. The van der Waals surface area contributed by atoms with Crippen LogP contribution in [0.5, 0.6) is 11.5 Å². The first-order chi connectivity index (χ1) is 29.1. The van der Waals surface area contributed by atoms with Gasteiger partial charge in [-0.2, -0.15) is 0 Å². The SMILES string of the molecule is CCc1nc2ccc(Cl)cn2c1C(=O)NCc1ccc(N2CCC(c3ccc(OC(F)(F)F)cc3)CC2)cc1.COc1ccc(CCNc2ncnc3ccccc23)cc1. The van der Waals surface area contributed by atoms with Crippen LogP contribution in [0.15, 0.2) is 122 Å². The predicted octanol–water partition coefficient (Wildman–Crippen LogP) is 10.1. The van der Waals surface area contributed by atoms with Crippen molar-refractivity contribution in [2.75, 3.05) is 37.0 Å². The second kappa shape index (κ2) is 19.2. The van der Waals surface area contributed by atoms with E-state index in [0.29, 0.717) is 29.3 Å². The molecule has 4 heterocycles. The number of para-hydroxylation sites is 1. The maximum Gasteiger partial charge on any atom is 0.573 e. The Morgan fingerprint density at radius 1 is 0.867 bits per heavy atom. The van der Waals surface area contributed by atoms with Crippen LogP contribution < -0.4 is 25.0 Å².